The first kappa shape index (κ1) is 24.5. The van der Waals surface area contributed by atoms with Crippen molar-refractivity contribution in [1.82, 2.24) is 19.5 Å². The highest BCUT2D eigenvalue weighted by atomic mass is 16.2. The van der Waals surface area contributed by atoms with Gasteiger partial charge in [0.25, 0.3) is 5.91 Å². The predicted molar refractivity (Wildman–Crippen MR) is 148 cm³/mol. The Bertz CT molecular complexity index is 1510. The molecule has 9 nitrogen and oxygen atoms in total. The zero-order valence-electron chi connectivity index (χ0n) is 21.8. The molecule has 1 aromatic carbocycles. The molecule has 1 amide bonds. The quantitative estimate of drug-likeness (QED) is 0.350. The summed E-state index contributed by atoms with van der Waals surface area (Å²) in [7, 11) is 0. The normalized spacial score (nSPS) is 14.1. The lowest BCUT2D eigenvalue weighted by atomic mass is 10.1. The minimum absolute atomic E-state index is 0.187. The second-order valence-corrected chi connectivity index (χ2v) is 10.6. The van der Waals surface area contributed by atoms with Gasteiger partial charge in [-0.1, -0.05) is 6.07 Å². The average molecular weight is 500 g/mol. The number of nitrogens with zero attached hydrogens (tertiary/aromatic N) is 4. The Labute approximate surface area is 215 Å². The Morgan fingerprint density at radius 1 is 0.973 bits per heavy atom. The van der Waals surface area contributed by atoms with Gasteiger partial charge in [0.15, 0.2) is 5.65 Å². The van der Waals surface area contributed by atoms with Crippen LogP contribution in [0.2, 0.25) is 0 Å². The number of pyridine rings is 2. The van der Waals surface area contributed by atoms with Crippen LogP contribution in [-0.2, 0) is 5.54 Å². The fourth-order valence-electron chi connectivity index (χ4n) is 4.77. The van der Waals surface area contributed by atoms with Crippen LogP contribution in [0.25, 0.3) is 11.2 Å². The van der Waals surface area contributed by atoms with Crippen LogP contribution in [0.1, 0.15) is 56.0 Å². The number of fused-ring (bicyclic) bond motifs is 1. The molecule has 3 N–H and O–H groups in total. The summed E-state index contributed by atoms with van der Waals surface area (Å²) < 4.78 is 1.66. The number of hydrogen-bond donors (Lipinski definition) is 3. The van der Waals surface area contributed by atoms with Crippen molar-refractivity contribution in [3.63, 3.8) is 0 Å². The molecular weight excluding hydrogens is 466 g/mol. The van der Waals surface area contributed by atoms with Gasteiger partial charge in [-0.25, -0.2) is 14.8 Å². The molecule has 1 aliphatic heterocycles. The number of benzene rings is 1. The van der Waals surface area contributed by atoms with Gasteiger partial charge in [-0.05, 0) is 82.9 Å². The number of amides is 1. The van der Waals surface area contributed by atoms with Gasteiger partial charge in [0.1, 0.15) is 11.3 Å². The van der Waals surface area contributed by atoms with Crippen molar-refractivity contribution in [2.24, 2.45) is 0 Å². The van der Waals surface area contributed by atoms with Crippen LogP contribution in [0, 0.1) is 6.92 Å². The monoisotopic (exact) mass is 499 g/mol. The fraction of sp³-hybridized carbons (Fsp3) is 0.357. The number of carbonyl (C=O) groups excluding carboxylic acids is 1. The van der Waals surface area contributed by atoms with E-state index < -0.39 is 5.54 Å². The number of hydrogen-bond acceptors (Lipinski definition) is 6. The summed E-state index contributed by atoms with van der Waals surface area (Å²) in [5.41, 5.74) is 4.39. The summed E-state index contributed by atoms with van der Waals surface area (Å²) in [6, 6.07) is 11.1. The highest BCUT2D eigenvalue weighted by molar-refractivity contribution is 6.05. The van der Waals surface area contributed by atoms with E-state index >= 15 is 0 Å². The van der Waals surface area contributed by atoms with E-state index in [0.717, 1.165) is 48.7 Å². The van der Waals surface area contributed by atoms with Crippen molar-refractivity contribution in [2.75, 3.05) is 28.6 Å². The molecule has 0 spiro atoms. The summed E-state index contributed by atoms with van der Waals surface area (Å²) >= 11 is 0. The van der Waals surface area contributed by atoms with E-state index in [1.165, 1.54) is 6.42 Å². The standard InChI is InChI=1S/C28H33N7O2/c1-18-8-9-20(31-26(36)19-10-12-29-23(16-19)34-14-6-5-7-15-34)17-22(18)32-21-11-13-30-25-24(21)33-27(37)35(25)28(2,3)4/h8-13,16-17H,5-7,14-15H2,1-4H3,(H,30,32)(H,31,36)(H,33,37). The van der Waals surface area contributed by atoms with E-state index in [4.69, 9.17) is 0 Å². The van der Waals surface area contributed by atoms with Crippen LogP contribution in [0.4, 0.5) is 22.9 Å². The van der Waals surface area contributed by atoms with Gasteiger partial charge in [-0.3, -0.25) is 9.36 Å². The molecule has 1 saturated heterocycles. The fourth-order valence-corrected chi connectivity index (χ4v) is 4.77. The molecule has 0 aliphatic carbocycles. The first-order valence-electron chi connectivity index (χ1n) is 12.7. The summed E-state index contributed by atoms with van der Waals surface area (Å²) in [5, 5.41) is 6.43. The van der Waals surface area contributed by atoms with Crippen molar-refractivity contribution in [3.05, 3.63) is 70.4 Å². The molecule has 1 fully saturated rings. The second-order valence-electron chi connectivity index (χ2n) is 10.6. The number of carbonyl (C=O) groups is 1. The number of imidazole rings is 1. The minimum Gasteiger partial charge on any atom is -0.357 e. The smallest absolute Gasteiger partial charge is 0.328 e. The van der Waals surface area contributed by atoms with Crippen LogP contribution in [0.3, 0.4) is 0 Å². The van der Waals surface area contributed by atoms with Crippen LogP contribution >= 0.6 is 0 Å². The van der Waals surface area contributed by atoms with E-state index in [-0.39, 0.29) is 11.6 Å². The zero-order chi connectivity index (χ0) is 26.2. The number of anilines is 4. The lowest BCUT2D eigenvalue weighted by Crippen LogP contribution is -2.32. The van der Waals surface area contributed by atoms with Crippen molar-refractivity contribution in [3.8, 4) is 0 Å². The van der Waals surface area contributed by atoms with Crippen molar-refractivity contribution >= 4 is 40.0 Å². The molecule has 0 bridgehead atoms. The van der Waals surface area contributed by atoms with E-state index in [9.17, 15) is 9.59 Å². The molecule has 192 valence electrons. The molecule has 9 heteroatoms. The van der Waals surface area contributed by atoms with E-state index in [2.05, 4.69) is 30.5 Å². The number of aromatic nitrogens is 4. The summed E-state index contributed by atoms with van der Waals surface area (Å²) in [4.78, 5) is 39.9. The van der Waals surface area contributed by atoms with Crippen molar-refractivity contribution in [1.29, 1.82) is 0 Å². The number of piperidine rings is 1. The molecule has 5 rings (SSSR count). The molecule has 0 unspecified atom stereocenters. The maximum atomic E-state index is 13.1. The highest BCUT2D eigenvalue weighted by Gasteiger charge is 2.22. The van der Waals surface area contributed by atoms with Gasteiger partial charge in [0, 0.05) is 48.0 Å². The maximum Gasteiger partial charge on any atom is 0.328 e. The average Bonchev–Trinajstić information content (AvgIpc) is 3.24. The lowest BCUT2D eigenvalue weighted by Gasteiger charge is -2.27. The van der Waals surface area contributed by atoms with Gasteiger partial charge >= 0.3 is 5.69 Å². The first-order chi connectivity index (χ1) is 17.7. The maximum absolute atomic E-state index is 13.1. The third-order valence-corrected chi connectivity index (χ3v) is 6.70. The SMILES string of the molecule is Cc1ccc(NC(=O)c2ccnc(N3CCCCC3)c2)cc1Nc1ccnc2c1[nH]c(=O)n2C(C)(C)C. The summed E-state index contributed by atoms with van der Waals surface area (Å²) in [6.07, 6.45) is 6.92. The Morgan fingerprint density at radius 2 is 1.73 bits per heavy atom. The van der Waals surface area contributed by atoms with Gasteiger partial charge in [0.05, 0.1) is 5.69 Å². The Morgan fingerprint density at radius 3 is 2.49 bits per heavy atom. The summed E-state index contributed by atoms with van der Waals surface area (Å²) in [6.45, 7) is 9.84. The Hall–Kier alpha value is -4.14. The van der Waals surface area contributed by atoms with Crippen molar-refractivity contribution in [2.45, 2.75) is 52.5 Å². The molecular formula is C28H33N7O2. The number of aromatic amines is 1. The topological polar surface area (TPSA) is 108 Å². The second kappa shape index (κ2) is 9.72. The number of nitrogens with one attached hydrogen (secondary N) is 3. The van der Waals surface area contributed by atoms with Gasteiger partial charge < -0.3 is 20.5 Å². The minimum atomic E-state index is -0.415. The molecule has 4 heterocycles. The highest BCUT2D eigenvalue weighted by Crippen LogP contribution is 2.29. The Balaban J connectivity index is 1.39. The number of aryl methyl sites for hydroxylation is 1. The van der Waals surface area contributed by atoms with Crippen LogP contribution < -0.4 is 21.2 Å². The molecule has 3 aromatic heterocycles. The van der Waals surface area contributed by atoms with E-state index in [1.54, 1.807) is 23.0 Å². The molecule has 0 saturated carbocycles. The van der Waals surface area contributed by atoms with E-state index in [0.29, 0.717) is 22.4 Å². The van der Waals surface area contributed by atoms with Crippen molar-refractivity contribution < 1.29 is 4.79 Å². The largest absolute Gasteiger partial charge is 0.357 e. The van der Waals surface area contributed by atoms with E-state index in [1.807, 2.05) is 58.0 Å². The van der Waals surface area contributed by atoms with Crippen LogP contribution in [0.5, 0.6) is 0 Å². The predicted octanol–water partition coefficient (Wildman–Crippen LogP) is 5.17. The van der Waals surface area contributed by atoms with Gasteiger partial charge in [0.2, 0.25) is 0 Å². The Kier molecular flexibility index (Phi) is 6.45. The molecule has 0 atom stereocenters. The molecule has 4 aromatic rings. The van der Waals surface area contributed by atoms with Gasteiger partial charge in [-0.15, -0.1) is 0 Å². The van der Waals surface area contributed by atoms with Crippen LogP contribution in [-0.4, -0.2) is 38.5 Å². The van der Waals surface area contributed by atoms with Gasteiger partial charge in [-0.2, -0.15) is 0 Å². The summed E-state index contributed by atoms with van der Waals surface area (Å²) in [5.74, 6) is 0.657. The third-order valence-electron chi connectivity index (χ3n) is 6.70. The number of H-pyrrole nitrogens is 1. The van der Waals surface area contributed by atoms with Crippen LogP contribution in [0.15, 0.2) is 53.6 Å². The first-order valence-corrected chi connectivity index (χ1v) is 12.7. The molecule has 37 heavy (non-hydrogen) atoms. The third kappa shape index (κ3) is 5.07. The number of rotatable bonds is 5. The molecule has 1 aliphatic rings. The zero-order valence-corrected chi connectivity index (χ0v) is 21.8. The molecule has 0 radical (unpaired) electrons. The lowest BCUT2D eigenvalue weighted by molar-refractivity contribution is 0.102.